The molecule has 1 N–H and O–H groups in total. The van der Waals surface area contributed by atoms with Crippen LogP contribution in [0.3, 0.4) is 0 Å². The van der Waals surface area contributed by atoms with Crippen molar-refractivity contribution in [1.29, 1.82) is 0 Å². The van der Waals surface area contributed by atoms with Gasteiger partial charge in [-0.2, -0.15) is 0 Å². The lowest BCUT2D eigenvalue weighted by Crippen LogP contribution is -2.29. The van der Waals surface area contributed by atoms with Gasteiger partial charge in [-0.05, 0) is 63.1 Å². The number of hydrogen-bond acceptors (Lipinski definition) is 7. The summed E-state index contributed by atoms with van der Waals surface area (Å²) in [4.78, 5) is 11.9. The molecule has 0 saturated heterocycles. The van der Waals surface area contributed by atoms with Gasteiger partial charge in [0.05, 0.1) is 23.6 Å². The summed E-state index contributed by atoms with van der Waals surface area (Å²) in [7, 11) is -3.83. The van der Waals surface area contributed by atoms with E-state index in [1.807, 2.05) is 19.9 Å². The second-order valence-electron chi connectivity index (χ2n) is 7.64. The first-order chi connectivity index (χ1) is 15.2. The van der Waals surface area contributed by atoms with Crippen LogP contribution >= 0.6 is 11.3 Å². The first-order valence-corrected chi connectivity index (χ1v) is 12.5. The number of carboxylic acid groups (broad SMARTS) is 1. The maximum absolute atomic E-state index is 13.6. The lowest BCUT2D eigenvalue weighted by molar-refractivity contribution is -0.137. The number of carbonyl (C=O) groups is 1. The zero-order valence-electron chi connectivity index (χ0n) is 18.0. The predicted octanol–water partition coefficient (Wildman–Crippen LogP) is 4.58. The highest BCUT2D eigenvalue weighted by Crippen LogP contribution is 2.45. The van der Waals surface area contributed by atoms with Crippen LogP contribution in [0.1, 0.15) is 42.7 Å². The number of sulfonamides is 1. The molecule has 32 heavy (non-hydrogen) atoms. The lowest BCUT2D eigenvalue weighted by atomic mass is 9.96. The van der Waals surface area contributed by atoms with Crippen molar-refractivity contribution >= 4 is 33.0 Å². The normalized spacial score (nSPS) is 15.7. The van der Waals surface area contributed by atoms with Gasteiger partial charge in [0, 0.05) is 23.8 Å². The number of carboxylic acids is 1. The van der Waals surface area contributed by atoms with Crippen molar-refractivity contribution in [2.45, 2.75) is 43.7 Å². The van der Waals surface area contributed by atoms with Gasteiger partial charge in [0.15, 0.2) is 0 Å². The fourth-order valence-corrected chi connectivity index (χ4v) is 7.15. The molecule has 170 valence electrons. The number of aryl methyl sites for hydroxylation is 2. The molecule has 3 aromatic rings. The van der Waals surface area contributed by atoms with E-state index in [2.05, 4.69) is 5.16 Å². The van der Waals surface area contributed by atoms with E-state index in [4.69, 9.17) is 14.4 Å². The van der Waals surface area contributed by atoms with E-state index < -0.39 is 16.0 Å². The topological polar surface area (TPSA) is 110 Å². The smallest absolute Gasteiger partial charge is 0.303 e. The molecule has 2 aromatic heterocycles. The molecular formula is C22H24N2O6S2. The average Bonchev–Trinajstić information content (AvgIpc) is 3.44. The van der Waals surface area contributed by atoms with Crippen LogP contribution in [0.15, 0.2) is 39.1 Å². The minimum absolute atomic E-state index is 0.0357. The molecule has 0 bridgehead atoms. The standard InChI is InChI=1S/C22H24N2O6S2/c1-4-29-16-6-7-18-17(11-16)15(5-9-20(25)26)12-24(18)32(27,28)21-10-8-19(31-21)22-13(2)23-30-14(22)3/h6-8,10-11,15H,4-5,9,12H2,1-3H3,(H,25,26). The van der Waals surface area contributed by atoms with Crippen LogP contribution in [-0.2, 0) is 14.8 Å². The van der Waals surface area contributed by atoms with Gasteiger partial charge in [0.25, 0.3) is 10.0 Å². The Labute approximate surface area is 190 Å². The van der Waals surface area contributed by atoms with Crippen LogP contribution in [0.2, 0.25) is 0 Å². The summed E-state index contributed by atoms with van der Waals surface area (Å²) in [6, 6.07) is 8.67. The number of aromatic nitrogens is 1. The summed E-state index contributed by atoms with van der Waals surface area (Å²) in [6.07, 6.45) is 0.310. The monoisotopic (exact) mass is 476 g/mol. The zero-order valence-corrected chi connectivity index (χ0v) is 19.6. The van der Waals surface area contributed by atoms with E-state index in [9.17, 15) is 13.2 Å². The van der Waals surface area contributed by atoms with Gasteiger partial charge < -0.3 is 14.4 Å². The Kier molecular flexibility index (Phi) is 6.00. The van der Waals surface area contributed by atoms with Crippen LogP contribution in [0.5, 0.6) is 5.75 Å². The van der Waals surface area contributed by atoms with Gasteiger partial charge in [-0.15, -0.1) is 11.3 Å². The summed E-state index contributed by atoms with van der Waals surface area (Å²) in [5.41, 5.74) is 2.87. The van der Waals surface area contributed by atoms with Crippen LogP contribution < -0.4 is 9.04 Å². The van der Waals surface area contributed by atoms with Crippen molar-refractivity contribution in [3.8, 4) is 16.2 Å². The summed E-state index contributed by atoms with van der Waals surface area (Å²) in [5, 5.41) is 13.1. The first-order valence-electron chi connectivity index (χ1n) is 10.3. The van der Waals surface area contributed by atoms with E-state index >= 15 is 0 Å². The van der Waals surface area contributed by atoms with Crippen molar-refractivity contribution < 1.29 is 27.6 Å². The number of thiophene rings is 1. The molecule has 8 nitrogen and oxygen atoms in total. The second kappa shape index (κ2) is 8.59. The predicted molar refractivity (Wildman–Crippen MR) is 121 cm³/mol. The minimum atomic E-state index is -3.83. The number of benzene rings is 1. The van der Waals surface area contributed by atoms with Crippen molar-refractivity contribution in [2.24, 2.45) is 0 Å². The largest absolute Gasteiger partial charge is 0.494 e. The molecule has 1 unspecified atom stereocenters. The number of anilines is 1. The van der Waals surface area contributed by atoms with E-state index in [0.29, 0.717) is 35.9 Å². The van der Waals surface area contributed by atoms with Crippen LogP contribution in [-0.4, -0.2) is 37.8 Å². The molecule has 4 rings (SSSR count). The highest BCUT2D eigenvalue weighted by atomic mass is 32.2. The zero-order chi connectivity index (χ0) is 23.0. The third-order valence-corrected chi connectivity index (χ3v) is 8.87. The summed E-state index contributed by atoms with van der Waals surface area (Å²) < 4.78 is 39.6. The molecular weight excluding hydrogens is 452 g/mol. The number of hydrogen-bond donors (Lipinski definition) is 1. The Morgan fingerprint density at radius 2 is 2.09 bits per heavy atom. The fourth-order valence-electron chi connectivity index (χ4n) is 4.05. The van der Waals surface area contributed by atoms with Crippen molar-refractivity contribution in [2.75, 3.05) is 17.5 Å². The van der Waals surface area contributed by atoms with Crippen LogP contribution in [0.25, 0.3) is 10.4 Å². The van der Waals surface area contributed by atoms with E-state index in [1.54, 1.807) is 31.2 Å². The highest BCUT2D eigenvalue weighted by molar-refractivity contribution is 7.94. The molecule has 0 fully saturated rings. The third kappa shape index (κ3) is 4.00. The second-order valence-corrected chi connectivity index (χ2v) is 10.8. The molecule has 0 aliphatic carbocycles. The molecule has 10 heteroatoms. The Hall–Kier alpha value is -2.85. The Morgan fingerprint density at radius 3 is 2.75 bits per heavy atom. The Balaban J connectivity index is 1.71. The van der Waals surface area contributed by atoms with Gasteiger partial charge in [0.1, 0.15) is 15.7 Å². The summed E-state index contributed by atoms with van der Waals surface area (Å²) in [6.45, 7) is 6.17. The van der Waals surface area contributed by atoms with Crippen molar-refractivity contribution in [3.05, 3.63) is 47.3 Å². The lowest BCUT2D eigenvalue weighted by Gasteiger charge is -2.19. The van der Waals surface area contributed by atoms with E-state index in [0.717, 1.165) is 16.0 Å². The van der Waals surface area contributed by atoms with Gasteiger partial charge in [0.2, 0.25) is 0 Å². The highest BCUT2D eigenvalue weighted by Gasteiger charge is 2.38. The number of aliphatic carboxylic acids is 1. The van der Waals surface area contributed by atoms with Gasteiger partial charge in [-0.3, -0.25) is 9.10 Å². The van der Waals surface area contributed by atoms with E-state index in [-0.39, 0.29) is 23.1 Å². The van der Waals surface area contributed by atoms with Gasteiger partial charge in [-0.25, -0.2) is 8.42 Å². The summed E-state index contributed by atoms with van der Waals surface area (Å²) in [5.74, 6) is 0.147. The Morgan fingerprint density at radius 1 is 1.31 bits per heavy atom. The summed E-state index contributed by atoms with van der Waals surface area (Å²) >= 11 is 1.17. The van der Waals surface area contributed by atoms with E-state index in [1.165, 1.54) is 15.6 Å². The van der Waals surface area contributed by atoms with Gasteiger partial charge in [-0.1, -0.05) is 5.16 Å². The first kappa shape index (κ1) is 22.3. The molecule has 0 amide bonds. The maximum atomic E-state index is 13.6. The SMILES string of the molecule is CCOc1ccc2c(c1)C(CCC(=O)O)CN2S(=O)(=O)c1ccc(-c2c(C)noc2C)s1. The number of fused-ring (bicyclic) bond motifs is 1. The molecule has 0 spiro atoms. The van der Waals surface area contributed by atoms with Crippen molar-refractivity contribution in [3.63, 3.8) is 0 Å². The third-order valence-electron chi connectivity index (χ3n) is 5.52. The number of rotatable bonds is 8. The van der Waals surface area contributed by atoms with Gasteiger partial charge >= 0.3 is 5.97 Å². The molecule has 3 heterocycles. The molecule has 1 aliphatic rings. The van der Waals surface area contributed by atoms with Crippen molar-refractivity contribution in [1.82, 2.24) is 5.16 Å². The number of ether oxygens (including phenoxy) is 1. The average molecular weight is 477 g/mol. The number of nitrogens with zero attached hydrogens (tertiary/aromatic N) is 2. The fraction of sp³-hybridized carbons (Fsp3) is 0.364. The molecule has 1 aliphatic heterocycles. The molecule has 0 radical (unpaired) electrons. The maximum Gasteiger partial charge on any atom is 0.303 e. The van der Waals surface area contributed by atoms with Crippen LogP contribution in [0.4, 0.5) is 5.69 Å². The molecule has 0 saturated carbocycles. The quantitative estimate of drug-likeness (QED) is 0.507. The molecule has 1 atom stereocenters. The minimum Gasteiger partial charge on any atom is -0.494 e. The molecule has 1 aromatic carbocycles. The van der Waals surface area contributed by atoms with Crippen LogP contribution in [0, 0.1) is 13.8 Å². The Bertz CT molecular complexity index is 1240.